The average Bonchev–Trinajstić information content (AvgIpc) is 3.40. The second-order valence-corrected chi connectivity index (χ2v) is 21.6. The Morgan fingerprint density at radius 1 is 0.627 bits per heavy atom. The molecule has 0 aliphatic carbocycles. The van der Waals surface area contributed by atoms with Crippen LogP contribution in [0.2, 0.25) is 15.7 Å². The number of methoxy groups -OCH3 is 2. The first-order chi connectivity index (χ1) is 38.6. The smallest absolute Gasteiger partial charge is 0.410 e. The second-order valence-electron chi connectivity index (χ2n) is 20.5. The number of nitrogens with two attached hydrogens (primary N) is 1. The zero-order valence-electron chi connectivity index (χ0n) is 46.8. The van der Waals surface area contributed by atoms with Gasteiger partial charge in [-0.05, 0) is 91.6 Å². The minimum Gasteiger partial charge on any atom is -0.494 e. The average molecular weight is 1230 g/mol. The molecule has 3 fully saturated rings. The number of nitro groups is 2. The number of anilines is 3. The van der Waals surface area contributed by atoms with Gasteiger partial charge < -0.3 is 64.0 Å². The van der Waals surface area contributed by atoms with Crippen molar-refractivity contribution in [2.24, 2.45) is 0 Å². The number of ether oxygens (including phenoxy) is 7. The van der Waals surface area contributed by atoms with Gasteiger partial charge in [-0.1, -0.05) is 11.6 Å². The number of halogens is 5. The molecule has 452 valence electrons. The maximum atomic E-state index is 13.8. The predicted molar refractivity (Wildman–Crippen MR) is 296 cm³/mol. The topological polar surface area (TPSA) is 347 Å². The van der Waals surface area contributed by atoms with Crippen LogP contribution < -0.4 is 30.0 Å². The van der Waals surface area contributed by atoms with Crippen molar-refractivity contribution in [1.29, 1.82) is 0 Å². The van der Waals surface area contributed by atoms with Crippen LogP contribution in [0.25, 0.3) is 0 Å². The number of benzene rings is 2. The number of carbonyl (C=O) groups excluding carboxylic acids is 3. The molecule has 3 aliphatic heterocycles. The van der Waals surface area contributed by atoms with Crippen LogP contribution >= 0.6 is 34.8 Å². The third-order valence-electron chi connectivity index (χ3n) is 10.1. The molecule has 4 N–H and O–H groups in total. The maximum Gasteiger partial charge on any atom is 0.410 e. The van der Waals surface area contributed by atoms with Crippen molar-refractivity contribution in [3.8, 4) is 23.3 Å². The van der Waals surface area contributed by atoms with E-state index in [0.717, 1.165) is 24.3 Å². The Morgan fingerprint density at radius 2 is 1.02 bits per heavy atom. The van der Waals surface area contributed by atoms with Crippen molar-refractivity contribution >= 4 is 81.8 Å². The zero-order chi connectivity index (χ0) is 62.1. The molecule has 6 heterocycles. The summed E-state index contributed by atoms with van der Waals surface area (Å²) in [5.74, 6) is -1.13. The first-order valence-electron chi connectivity index (χ1n) is 24.6. The molecule has 28 nitrogen and oxygen atoms in total. The Labute approximate surface area is 489 Å². The molecule has 3 aromatic heterocycles. The molecule has 3 aliphatic rings. The van der Waals surface area contributed by atoms with Gasteiger partial charge in [0, 0.05) is 55.0 Å². The minimum atomic E-state index is -1.02. The monoisotopic (exact) mass is 1230 g/mol. The molecular formula is C50H62Cl3F2N13O15. The van der Waals surface area contributed by atoms with Gasteiger partial charge in [0.1, 0.15) is 45.7 Å². The Balaban J connectivity index is 0.000000242. The number of likely N-dealkylation sites (tertiary alicyclic amines) is 3. The molecule has 8 rings (SSSR count). The fraction of sp³-hybridized carbons (Fsp3) is 0.460. The molecule has 0 radical (unpaired) electrons. The number of aliphatic hydroxyl groups is 1. The van der Waals surface area contributed by atoms with E-state index < -0.39 is 55.8 Å². The van der Waals surface area contributed by atoms with Crippen LogP contribution in [0.1, 0.15) is 62.3 Å². The van der Waals surface area contributed by atoms with Gasteiger partial charge in [-0.15, -0.1) is 0 Å². The molecule has 3 saturated heterocycles. The van der Waals surface area contributed by atoms with Crippen molar-refractivity contribution in [2.45, 2.75) is 97.4 Å². The lowest BCUT2D eigenvalue weighted by Crippen LogP contribution is -2.57. The Morgan fingerprint density at radius 3 is 1.41 bits per heavy atom. The van der Waals surface area contributed by atoms with Crippen LogP contribution in [0, 0.1) is 31.9 Å². The van der Waals surface area contributed by atoms with Gasteiger partial charge in [-0.3, -0.25) is 20.2 Å². The lowest BCUT2D eigenvalue weighted by molar-refractivity contribution is -0.387. The summed E-state index contributed by atoms with van der Waals surface area (Å²) in [7, 11) is 2.61. The fourth-order valence-electron chi connectivity index (χ4n) is 6.36. The van der Waals surface area contributed by atoms with E-state index in [2.05, 4.69) is 40.0 Å². The molecule has 33 heteroatoms. The highest BCUT2D eigenvalue weighted by Gasteiger charge is 2.37. The normalized spacial score (nSPS) is 14.0. The standard InChI is InChI=1S/C19H22FN5O6.C12H16ClN3O3.C8H15NO3.C7H7FN2O3.C4H2Cl2N2/c1-19(2,3)31-18(26)24-9-11(10-24)30-16-5-6-21-17(23-16)22-13-8-14(25(27)28)12(20)7-15(13)29-4;1-12(2,3)19-11(17)16-6-8(7-16)18-9-4-5-14-10(13)15-9;1-8(2,3)12-7(11)9-4-6(10)5-9;1-13-7-2-4(8)6(10(11)12)3-5(7)9;5-3-1-2-7-4(6)8-3/h5-8,11H,9-10H2,1-4H3,(H,21,22,23);4-5,8H,6-7H2,1-3H3;6,10H,4-5H2,1-3H3;2-3H,9H2,1H3;1-2H. The largest absolute Gasteiger partial charge is 0.494 e. The SMILES string of the molecule is CC(C)(C)OC(=O)N1CC(O)C1.CC(C)(C)OC(=O)N1CC(Oc2ccnc(Cl)n2)C1.COc1cc(F)c([N+](=O)[O-])cc1N.COc1cc(F)c([N+](=O)[O-])cc1Nc1nccc(OC2CN(C(=O)OC(C)(C)C)C2)n1.Clc1ccnc(Cl)n1. The molecular weight excluding hydrogens is 1170 g/mol. The highest BCUT2D eigenvalue weighted by molar-refractivity contribution is 6.31. The van der Waals surface area contributed by atoms with Gasteiger partial charge >= 0.3 is 29.7 Å². The predicted octanol–water partition coefficient (Wildman–Crippen LogP) is 9.11. The van der Waals surface area contributed by atoms with Crippen LogP contribution in [-0.2, 0) is 14.2 Å². The van der Waals surface area contributed by atoms with Crippen molar-refractivity contribution in [3.63, 3.8) is 0 Å². The summed E-state index contributed by atoms with van der Waals surface area (Å²) in [6.45, 7) is 18.8. The van der Waals surface area contributed by atoms with Crippen molar-refractivity contribution in [1.82, 2.24) is 44.6 Å². The number of carbonyl (C=O) groups is 3. The maximum absolute atomic E-state index is 13.8. The minimum absolute atomic E-state index is 0.0376. The third-order valence-corrected chi connectivity index (χ3v) is 10.7. The number of nitrogens with one attached hydrogen (secondary N) is 1. The van der Waals surface area contributed by atoms with E-state index in [1.807, 2.05) is 41.5 Å². The number of nitro benzene ring substituents is 2. The van der Waals surface area contributed by atoms with Crippen LogP contribution in [-0.4, -0.2) is 166 Å². The Bertz CT molecular complexity index is 3030. The Kier molecular flexibility index (Phi) is 24.0. The van der Waals surface area contributed by atoms with Crippen LogP contribution in [0.3, 0.4) is 0 Å². The lowest BCUT2D eigenvalue weighted by atomic mass is 10.2. The summed E-state index contributed by atoms with van der Waals surface area (Å²) in [4.78, 5) is 82.1. The molecule has 0 spiro atoms. The first kappa shape index (κ1) is 67.3. The zero-order valence-corrected chi connectivity index (χ0v) is 49.1. The molecule has 0 atom stereocenters. The number of hydrogen-bond acceptors (Lipinski definition) is 23. The van der Waals surface area contributed by atoms with Crippen molar-refractivity contribution in [2.75, 3.05) is 64.5 Å². The molecule has 83 heavy (non-hydrogen) atoms. The highest BCUT2D eigenvalue weighted by Crippen LogP contribution is 2.34. The molecule has 2 aromatic carbocycles. The van der Waals surface area contributed by atoms with Crippen LogP contribution in [0.4, 0.5) is 51.9 Å². The number of amides is 3. The lowest BCUT2D eigenvalue weighted by Gasteiger charge is -2.39. The van der Waals surface area contributed by atoms with Gasteiger partial charge in [0.2, 0.25) is 39.9 Å². The quantitative estimate of drug-likeness (QED) is 0.0293. The van der Waals surface area contributed by atoms with Crippen LogP contribution in [0.15, 0.2) is 61.1 Å². The Hall–Kier alpha value is -8.22. The van der Waals surface area contributed by atoms with E-state index in [0.29, 0.717) is 50.3 Å². The van der Waals surface area contributed by atoms with Gasteiger partial charge in [-0.2, -0.15) is 18.7 Å². The number of aromatic nitrogens is 6. The van der Waals surface area contributed by atoms with Crippen molar-refractivity contribution < 1.29 is 71.3 Å². The van der Waals surface area contributed by atoms with E-state index in [1.165, 1.54) is 48.7 Å². The summed E-state index contributed by atoms with van der Waals surface area (Å²) in [6, 6.07) is 8.43. The van der Waals surface area contributed by atoms with Gasteiger partial charge in [0.05, 0.1) is 80.8 Å². The molecule has 3 amide bonds. The van der Waals surface area contributed by atoms with E-state index in [-0.39, 0.29) is 75.8 Å². The van der Waals surface area contributed by atoms with E-state index in [9.17, 15) is 43.4 Å². The first-order valence-corrected chi connectivity index (χ1v) is 25.7. The van der Waals surface area contributed by atoms with Crippen LogP contribution in [0.5, 0.6) is 23.3 Å². The molecule has 5 aromatic rings. The van der Waals surface area contributed by atoms with E-state index >= 15 is 0 Å². The molecule has 0 unspecified atom stereocenters. The number of hydrogen-bond donors (Lipinski definition) is 3. The summed E-state index contributed by atoms with van der Waals surface area (Å²) < 4.78 is 63.3. The second kappa shape index (κ2) is 29.7. The number of β-amino-alcohol motifs (C(OH)–C–C–N with tert-alkyl or cyclic N) is 1. The van der Waals surface area contributed by atoms with Crippen molar-refractivity contribution in [3.05, 3.63) is 109 Å². The van der Waals surface area contributed by atoms with E-state index in [1.54, 1.807) is 37.8 Å². The van der Waals surface area contributed by atoms with Gasteiger partial charge in [-0.25, -0.2) is 34.3 Å². The summed E-state index contributed by atoms with van der Waals surface area (Å²) in [5.41, 5.74) is 2.62. The number of nitrogens with zero attached hydrogens (tertiary/aromatic N) is 11. The molecule has 0 bridgehead atoms. The summed E-state index contributed by atoms with van der Waals surface area (Å²) >= 11 is 16.4. The summed E-state index contributed by atoms with van der Waals surface area (Å²) in [5, 5.41) is 33.6. The number of rotatable bonds is 10. The third kappa shape index (κ3) is 22.9. The number of nitrogen functional groups attached to an aromatic ring is 1. The summed E-state index contributed by atoms with van der Waals surface area (Å²) in [6.07, 6.45) is 2.66. The van der Waals surface area contributed by atoms with Gasteiger partial charge in [0.15, 0.2) is 0 Å². The highest BCUT2D eigenvalue weighted by atomic mass is 35.5. The van der Waals surface area contributed by atoms with E-state index in [4.69, 9.17) is 74.1 Å². The fourth-order valence-corrected chi connectivity index (χ4v) is 6.83. The van der Waals surface area contributed by atoms with Gasteiger partial charge in [0.25, 0.3) is 0 Å². The number of aliphatic hydroxyl groups excluding tert-OH is 1. The molecule has 0 saturated carbocycles.